The van der Waals surface area contributed by atoms with Gasteiger partial charge in [0.2, 0.25) is 0 Å². The van der Waals surface area contributed by atoms with Crippen LogP contribution < -0.4 is 9.47 Å². The molecule has 0 unspecified atom stereocenters. The van der Waals surface area contributed by atoms with E-state index in [1.54, 1.807) is 12.1 Å². The second-order valence-corrected chi connectivity index (χ2v) is 6.97. The third-order valence-electron chi connectivity index (χ3n) is 4.92. The Hall–Kier alpha value is -3.11. The van der Waals surface area contributed by atoms with E-state index < -0.39 is 0 Å². The number of aliphatic hydroxyl groups excluding tert-OH is 1. The Balaban J connectivity index is 1.76. The highest BCUT2D eigenvalue weighted by molar-refractivity contribution is 5.75. The van der Waals surface area contributed by atoms with Crippen LogP contribution in [0, 0.1) is 13.8 Å². The van der Waals surface area contributed by atoms with Gasteiger partial charge in [0.1, 0.15) is 24.4 Å². The second-order valence-electron chi connectivity index (χ2n) is 6.97. The second kappa shape index (κ2) is 9.89. The minimum atomic E-state index is 0.131. The van der Waals surface area contributed by atoms with Crippen LogP contribution in [0.2, 0.25) is 0 Å². The van der Waals surface area contributed by atoms with E-state index >= 15 is 0 Å². The number of ether oxygens (including phenoxy) is 2. The fourth-order valence-electron chi connectivity index (χ4n) is 3.22. The molecular formula is C25H26O4. The Morgan fingerprint density at radius 2 is 1.66 bits per heavy atom. The molecule has 0 fully saturated rings. The van der Waals surface area contributed by atoms with Crippen molar-refractivity contribution in [2.45, 2.75) is 26.9 Å². The Kier molecular flexibility index (Phi) is 7.04. The SMILES string of the molecule is Cc1cc(OCCCO)ccc1-c1cccc(COc2ccc(C=O)cc2)c1C. The lowest BCUT2D eigenvalue weighted by Crippen LogP contribution is -2.01. The predicted octanol–water partition coefficient (Wildman–Crippen LogP) is 5.12. The zero-order chi connectivity index (χ0) is 20.6. The van der Waals surface area contributed by atoms with E-state index in [-0.39, 0.29) is 6.61 Å². The largest absolute Gasteiger partial charge is 0.493 e. The molecule has 4 nitrogen and oxygen atoms in total. The van der Waals surface area contributed by atoms with Gasteiger partial charge in [-0.1, -0.05) is 24.3 Å². The van der Waals surface area contributed by atoms with Gasteiger partial charge >= 0.3 is 0 Å². The van der Waals surface area contributed by atoms with Crippen LogP contribution in [-0.2, 0) is 6.61 Å². The molecule has 29 heavy (non-hydrogen) atoms. The fraction of sp³-hybridized carbons (Fsp3) is 0.240. The molecule has 3 aromatic rings. The quantitative estimate of drug-likeness (QED) is 0.407. The standard InChI is InChI=1S/C25H26O4/c1-18-15-23(28-14-4-13-26)11-12-24(18)25-6-3-5-21(19(25)2)17-29-22-9-7-20(16-27)8-10-22/h3,5-12,15-16,26H,4,13-14,17H2,1-2H3. The van der Waals surface area contributed by atoms with Gasteiger partial charge in [0, 0.05) is 18.6 Å². The molecule has 0 amide bonds. The number of rotatable bonds is 9. The number of aryl methyl sites for hydroxylation is 1. The van der Waals surface area contributed by atoms with Crippen molar-refractivity contribution in [3.8, 4) is 22.6 Å². The first-order valence-electron chi connectivity index (χ1n) is 9.73. The maximum absolute atomic E-state index is 10.8. The van der Waals surface area contributed by atoms with E-state index in [4.69, 9.17) is 14.6 Å². The summed E-state index contributed by atoms with van der Waals surface area (Å²) in [6, 6.07) is 19.4. The molecule has 3 rings (SSSR count). The van der Waals surface area contributed by atoms with Gasteiger partial charge in [-0.3, -0.25) is 4.79 Å². The van der Waals surface area contributed by atoms with E-state index in [1.165, 1.54) is 11.1 Å². The predicted molar refractivity (Wildman–Crippen MR) is 115 cm³/mol. The molecule has 4 heteroatoms. The average molecular weight is 390 g/mol. The molecule has 150 valence electrons. The Bertz CT molecular complexity index is 961. The summed E-state index contributed by atoms with van der Waals surface area (Å²) in [7, 11) is 0. The van der Waals surface area contributed by atoms with Crippen LogP contribution in [0.3, 0.4) is 0 Å². The summed E-state index contributed by atoms with van der Waals surface area (Å²) >= 11 is 0. The summed E-state index contributed by atoms with van der Waals surface area (Å²) in [4.78, 5) is 10.8. The maximum atomic E-state index is 10.8. The Morgan fingerprint density at radius 3 is 2.34 bits per heavy atom. The molecular weight excluding hydrogens is 364 g/mol. The Morgan fingerprint density at radius 1 is 0.897 bits per heavy atom. The van der Waals surface area contributed by atoms with Crippen LogP contribution in [-0.4, -0.2) is 24.6 Å². The summed E-state index contributed by atoms with van der Waals surface area (Å²) in [6.07, 6.45) is 1.45. The van der Waals surface area contributed by atoms with Gasteiger partial charge in [-0.25, -0.2) is 0 Å². The number of hydrogen-bond acceptors (Lipinski definition) is 4. The highest BCUT2D eigenvalue weighted by atomic mass is 16.5. The molecule has 0 bridgehead atoms. The Labute approximate surface area is 171 Å². The summed E-state index contributed by atoms with van der Waals surface area (Å²) in [5.74, 6) is 1.55. The molecule has 0 saturated heterocycles. The minimum absolute atomic E-state index is 0.131. The maximum Gasteiger partial charge on any atom is 0.150 e. The van der Waals surface area contributed by atoms with Gasteiger partial charge in [-0.15, -0.1) is 0 Å². The van der Waals surface area contributed by atoms with Crippen molar-refractivity contribution in [2.75, 3.05) is 13.2 Å². The van der Waals surface area contributed by atoms with Crippen LogP contribution in [0.1, 0.15) is 33.5 Å². The molecule has 0 saturated carbocycles. The summed E-state index contributed by atoms with van der Waals surface area (Å²) in [6.45, 7) is 5.28. The van der Waals surface area contributed by atoms with E-state index in [2.05, 4.69) is 32.0 Å². The highest BCUT2D eigenvalue weighted by Gasteiger charge is 2.10. The van der Waals surface area contributed by atoms with Crippen molar-refractivity contribution in [1.29, 1.82) is 0 Å². The van der Waals surface area contributed by atoms with Crippen LogP contribution in [0.25, 0.3) is 11.1 Å². The molecule has 0 atom stereocenters. The van der Waals surface area contributed by atoms with Gasteiger partial charge in [0.05, 0.1) is 6.61 Å². The smallest absolute Gasteiger partial charge is 0.150 e. The average Bonchev–Trinajstić information content (AvgIpc) is 2.74. The minimum Gasteiger partial charge on any atom is -0.493 e. The van der Waals surface area contributed by atoms with E-state index in [1.807, 2.05) is 30.3 Å². The zero-order valence-electron chi connectivity index (χ0n) is 16.9. The van der Waals surface area contributed by atoms with Crippen LogP contribution in [0.4, 0.5) is 0 Å². The van der Waals surface area contributed by atoms with E-state index in [0.717, 1.165) is 34.5 Å². The van der Waals surface area contributed by atoms with Crippen molar-refractivity contribution >= 4 is 6.29 Å². The van der Waals surface area contributed by atoms with Crippen LogP contribution in [0.5, 0.6) is 11.5 Å². The lowest BCUT2D eigenvalue weighted by molar-refractivity contribution is 0.112. The van der Waals surface area contributed by atoms with Crippen LogP contribution in [0.15, 0.2) is 60.7 Å². The van der Waals surface area contributed by atoms with Crippen molar-refractivity contribution < 1.29 is 19.4 Å². The normalized spacial score (nSPS) is 10.6. The highest BCUT2D eigenvalue weighted by Crippen LogP contribution is 2.31. The van der Waals surface area contributed by atoms with Gasteiger partial charge in [0.15, 0.2) is 0 Å². The summed E-state index contributed by atoms with van der Waals surface area (Å²) in [5.41, 5.74) is 6.39. The third-order valence-corrected chi connectivity index (χ3v) is 4.92. The molecule has 0 radical (unpaired) electrons. The molecule has 3 aromatic carbocycles. The number of carbonyl (C=O) groups is 1. The lowest BCUT2D eigenvalue weighted by Gasteiger charge is -2.15. The fourth-order valence-corrected chi connectivity index (χ4v) is 3.22. The number of aldehydes is 1. The first-order chi connectivity index (χ1) is 14.1. The monoisotopic (exact) mass is 390 g/mol. The van der Waals surface area contributed by atoms with Crippen LogP contribution >= 0.6 is 0 Å². The summed E-state index contributed by atoms with van der Waals surface area (Å²) in [5, 5.41) is 8.88. The lowest BCUT2D eigenvalue weighted by atomic mass is 9.94. The van der Waals surface area contributed by atoms with Gasteiger partial charge < -0.3 is 14.6 Å². The molecule has 0 aliphatic rings. The molecule has 0 aliphatic heterocycles. The third kappa shape index (κ3) is 5.24. The molecule has 0 spiro atoms. The summed E-state index contributed by atoms with van der Waals surface area (Å²) < 4.78 is 11.6. The molecule has 0 aromatic heterocycles. The van der Waals surface area contributed by atoms with Crippen molar-refractivity contribution in [2.24, 2.45) is 0 Å². The molecule has 1 N–H and O–H groups in total. The van der Waals surface area contributed by atoms with E-state index in [0.29, 0.717) is 25.2 Å². The van der Waals surface area contributed by atoms with Gasteiger partial charge in [0.25, 0.3) is 0 Å². The topological polar surface area (TPSA) is 55.8 Å². The molecule has 0 heterocycles. The van der Waals surface area contributed by atoms with Crippen molar-refractivity contribution in [3.63, 3.8) is 0 Å². The van der Waals surface area contributed by atoms with Crippen molar-refractivity contribution in [1.82, 2.24) is 0 Å². The number of benzene rings is 3. The number of carbonyl (C=O) groups excluding carboxylic acids is 1. The zero-order valence-corrected chi connectivity index (χ0v) is 16.9. The van der Waals surface area contributed by atoms with Gasteiger partial charge in [-0.2, -0.15) is 0 Å². The van der Waals surface area contributed by atoms with Gasteiger partial charge in [-0.05, 0) is 78.1 Å². The van der Waals surface area contributed by atoms with E-state index in [9.17, 15) is 4.79 Å². The first-order valence-corrected chi connectivity index (χ1v) is 9.73. The number of aliphatic hydroxyl groups is 1. The molecule has 0 aliphatic carbocycles. The van der Waals surface area contributed by atoms with Crippen molar-refractivity contribution in [3.05, 3.63) is 82.9 Å². The number of hydrogen-bond donors (Lipinski definition) is 1. The first kappa shape index (κ1) is 20.6.